The third-order valence-corrected chi connectivity index (χ3v) is 6.68. The van der Waals surface area contributed by atoms with Crippen LogP contribution in [0, 0.1) is 0 Å². The average Bonchev–Trinajstić information content (AvgIpc) is 3.45. The van der Waals surface area contributed by atoms with Gasteiger partial charge in [-0.1, -0.05) is 12.8 Å². The summed E-state index contributed by atoms with van der Waals surface area (Å²) in [6, 6.07) is 0.391. The molecule has 166 valence electrons. The van der Waals surface area contributed by atoms with E-state index in [0.717, 1.165) is 31.1 Å². The van der Waals surface area contributed by atoms with Gasteiger partial charge in [-0.3, -0.25) is 0 Å². The van der Waals surface area contributed by atoms with Crippen LogP contribution in [0.15, 0.2) is 6.20 Å². The van der Waals surface area contributed by atoms with Crippen molar-refractivity contribution in [2.75, 3.05) is 18.5 Å². The van der Waals surface area contributed by atoms with Gasteiger partial charge in [0.15, 0.2) is 20.3 Å². The first kappa shape index (κ1) is 22.1. The molecule has 30 heavy (non-hydrogen) atoms. The van der Waals surface area contributed by atoms with Gasteiger partial charge < -0.3 is 29.7 Å². The molecule has 2 aliphatic rings. The molecule has 2 aromatic heterocycles. The molecule has 3 unspecified atom stereocenters. The molecule has 1 aliphatic carbocycles. The molecule has 0 radical (unpaired) electrons. The molecule has 3 atom stereocenters. The zero-order valence-corrected chi connectivity index (χ0v) is 18.2. The minimum Gasteiger partial charge on any atom is -0.396 e. The number of halogens is 1. The van der Waals surface area contributed by atoms with Gasteiger partial charge in [-0.25, -0.2) is 4.68 Å². The maximum atomic E-state index is 9.39. The topological polar surface area (TPSA) is 135 Å². The molecule has 0 amide bonds. The number of fused-ring (bicyclic) bond motifs is 1. The van der Waals surface area contributed by atoms with Crippen LogP contribution in [-0.2, 0) is 9.47 Å². The van der Waals surface area contributed by atoms with Crippen LogP contribution in [0.25, 0.3) is 11.0 Å². The first-order chi connectivity index (χ1) is 14.5. The highest BCUT2D eigenvalue weighted by Gasteiger charge is 2.31. The van der Waals surface area contributed by atoms with Crippen molar-refractivity contribution >= 4 is 36.8 Å². The number of aliphatic hydroxyl groups excluding tert-OH is 1. The van der Waals surface area contributed by atoms with Gasteiger partial charge in [0.05, 0.1) is 24.3 Å². The second kappa shape index (κ2) is 9.99. The highest BCUT2D eigenvalue weighted by Crippen LogP contribution is 2.36. The van der Waals surface area contributed by atoms with Crippen LogP contribution in [0.2, 0.25) is 5.28 Å². The van der Waals surface area contributed by atoms with Gasteiger partial charge in [0.2, 0.25) is 5.28 Å². The van der Waals surface area contributed by atoms with Gasteiger partial charge >= 0.3 is 0 Å². The molecule has 1 saturated carbocycles. The quantitative estimate of drug-likeness (QED) is 0.329. The van der Waals surface area contributed by atoms with Crippen molar-refractivity contribution < 1.29 is 24.4 Å². The lowest BCUT2D eigenvalue weighted by Gasteiger charge is -2.20. The van der Waals surface area contributed by atoms with Crippen molar-refractivity contribution in [2.45, 2.75) is 69.2 Å². The van der Waals surface area contributed by atoms with Gasteiger partial charge in [0.1, 0.15) is 11.7 Å². The van der Waals surface area contributed by atoms with Crippen LogP contribution in [0.1, 0.15) is 51.2 Å². The zero-order valence-electron chi connectivity index (χ0n) is 16.5. The summed E-state index contributed by atoms with van der Waals surface area (Å²) in [4.78, 5) is 27.5. The molecule has 4 N–H and O–H groups in total. The van der Waals surface area contributed by atoms with E-state index in [1.54, 1.807) is 10.9 Å². The summed E-state index contributed by atoms with van der Waals surface area (Å²) in [6.45, 7) is 0.0419. The predicted molar refractivity (Wildman–Crippen MR) is 112 cm³/mol. The molecular weight excluding hydrogens is 433 g/mol. The maximum Gasteiger partial charge on any atom is 0.226 e. The Balaban J connectivity index is 1.44. The summed E-state index contributed by atoms with van der Waals surface area (Å²) in [6.07, 6.45) is 7.49. The fraction of sp³-hybridized carbons (Fsp3) is 0.722. The number of anilines is 1. The van der Waals surface area contributed by atoms with E-state index in [2.05, 4.69) is 20.4 Å². The van der Waals surface area contributed by atoms with Crippen LogP contribution in [0.4, 0.5) is 5.82 Å². The lowest BCUT2D eigenvalue weighted by molar-refractivity contribution is -0.0535. The summed E-state index contributed by atoms with van der Waals surface area (Å²) in [5, 5.41) is 17.9. The summed E-state index contributed by atoms with van der Waals surface area (Å²) in [5.41, 5.74) is 0.620. The predicted octanol–water partition coefficient (Wildman–Crippen LogP) is 2.53. The van der Waals surface area contributed by atoms with Crippen LogP contribution < -0.4 is 5.32 Å². The molecule has 10 nitrogen and oxygen atoms in total. The van der Waals surface area contributed by atoms with Crippen molar-refractivity contribution in [1.29, 1.82) is 0 Å². The third kappa shape index (κ3) is 5.02. The summed E-state index contributed by atoms with van der Waals surface area (Å²) in [7, 11) is -2.27. The van der Waals surface area contributed by atoms with Gasteiger partial charge in [-0.2, -0.15) is 15.1 Å². The molecule has 0 spiro atoms. The van der Waals surface area contributed by atoms with Crippen LogP contribution in [0.3, 0.4) is 0 Å². The largest absolute Gasteiger partial charge is 0.396 e. The molecule has 0 bridgehead atoms. The van der Waals surface area contributed by atoms with Crippen LogP contribution in [0.5, 0.6) is 0 Å². The highest BCUT2D eigenvalue weighted by atomic mass is 35.5. The van der Waals surface area contributed by atoms with Crippen molar-refractivity contribution in [1.82, 2.24) is 19.7 Å². The minimum absolute atomic E-state index is 0.161. The number of hydrogen-bond donors (Lipinski definition) is 4. The second-order valence-corrected chi connectivity index (χ2v) is 9.26. The number of hydrogen-bond acceptors (Lipinski definition) is 9. The third-order valence-electron chi connectivity index (χ3n) is 5.59. The van der Waals surface area contributed by atoms with Gasteiger partial charge in [0.25, 0.3) is 0 Å². The van der Waals surface area contributed by atoms with Gasteiger partial charge in [-0.15, -0.1) is 0 Å². The Hall–Kier alpha value is -1.13. The Kier molecular flexibility index (Phi) is 7.36. The SMILES string of the molecule is OCCC(OCC1CCC(n2ncc3c(NC4CCCC4)nc(Cl)nc32)O1)P(O)O. The Labute approximate surface area is 180 Å². The van der Waals surface area contributed by atoms with E-state index < -0.39 is 14.2 Å². The van der Waals surface area contributed by atoms with E-state index in [0.29, 0.717) is 17.5 Å². The summed E-state index contributed by atoms with van der Waals surface area (Å²) in [5.74, 6) is -0.0823. The molecule has 2 aromatic rings. The molecule has 4 rings (SSSR count). The van der Waals surface area contributed by atoms with E-state index in [1.165, 1.54) is 12.8 Å². The fourth-order valence-corrected chi connectivity index (χ4v) is 4.80. The van der Waals surface area contributed by atoms with E-state index in [-0.39, 0.29) is 37.3 Å². The second-order valence-electron chi connectivity index (χ2n) is 7.70. The first-order valence-electron chi connectivity index (χ1n) is 10.3. The maximum absolute atomic E-state index is 9.39. The normalized spacial score (nSPS) is 23.6. The Morgan fingerprint density at radius 3 is 2.80 bits per heavy atom. The van der Waals surface area contributed by atoms with Crippen molar-refractivity contribution in [3.8, 4) is 0 Å². The molecule has 0 aromatic carbocycles. The highest BCUT2D eigenvalue weighted by molar-refractivity contribution is 7.45. The molecule has 12 heteroatoms. The Bertz CT molecular complexity index is 850. The van der Waals surface area contributed by atoms with Gasteiger partial charge in [-0.05, 0) is 37.3 Å². The lowest BCUT2D eigenvalue weighted by atomic mass is 10.2. The van der Waals surface area contributed by atoms with E-state index >= 15 is 0 Å². The van der Waals surface area contributed by atoms with E-state index in [4.69, 9.17) is 26.2 Å². The smallest absolute Gasteiger partial charge is 0.226 e. The standard InChI is InChI=1S/C18H27ClN5O5P/c19-18-22-16(21-11-3-1-2-4-11)13-9-20-24(17(13)23-18)14-6-5-12(29-14)10-28-15(7-8-25)30(26)27/h9,11-12,14-15,25-27H,1-8,10H2,(H,21,22,23). The molecule has 1 saturated heterocycles. The van der Waals surface area contributed by atoms with Crippen molar-refractivity contribution in [2.24, 2.45) is 0 Å². The number of nitrogens with one attached hydrogen (secondary N) is 1. The zero-order chi connectivity index (χ0) is 21.1. The summed E-state index contributed by atoms with van der Waals surface area (Å²) < 4.78 is 13.3. The van der Waals surface area contributed by atoms with Crippen molar-refractivity contribution in [3.05, 3.63) is 11.5 Å². The van der Waals surface area contributed by atoms with E-state index in [1.807, 2.05) is 0 Å². The fourth-order valence-electron chi connectivity index (χ4n) is 4.07. The number of ether oxygens (including phenoxy) is 2. The number of rotatable bonds is 9. The minimum atomic E-state index is -2.27. The Morgan fingerprint density at radius 2 is 2.07 bits per heavy atom. The van der Waals surface area contributed by atoms with Crippen molar-refractivity contribution in [3.63, 3.8) is 0 Å². The van der Waals surface area contributed by atoms with Crippen LogP contribution >= 0.6 is 20.0 Å². The molecular formula is C18H27ClN5O5P. The van der Waals surface area contributed by atoms with Gasteiger partial charge in [0, 0.05) is 19.1 Å². The number of nitrogens with zero attached hydrogens (tertiary/aromatic N) is 4. The lowest BCUT2D eigenvalue weighted by Crippen LogP contribution is -2.22. The van der Waals surface area contributed by atoms with E-state index in [9.17, 15) is 9.79 Å². The Morgan fingerprint density at radius 1 is 1.27 bits per heavy atom. The van der Waals surface area contributed by atoms with Crippen LogP contribution in [-0.4, -0.2) is 65.8 Å². The molecule has 3 heterocycles. The monoisotopic (exact) mass is 459 g/mol. The summed E-state index contributed by atoms with van der Waals surface area (Å²) >= 11 is 6.19. The molecule has 2 fully saturated rings. The molecule has 1 aliphatic heterocycles. The average molecular weight is 460 g/mol. The number of aromatic nitrogens is 4. The first-order valence-corrected chi connectivity index (χ1v) is 12.0. The number of aliphatic hydroxyl groups is 1.